The Bertz CT molecular complexity index is 2550. The van der Waals surface area contributed by atoms with Crippen molar-refractivity contribution in [3.05, 3.63) is 181 Å². The van der Waals surface area contributed by atoms with Crippen LogP contribution in [-0.2, 0) is 17.4 Å². The molecule has 0 bridgehead atoms. The number of rotatable bonds is 11. The number of carbonyl (C=O) groups excluding carboxylic acids is 2. The highest BCUT2D eigenvalue weighted by atomic mass is 16.5. The van der Waals surface area contributed by atoms with Gasteiger partial charge in [0.15, 0.2) is 0 Å². The maximum absolute atomic E-state index is 14.4. The quantitative estimate of drug-likeness (QED) is 0.0966. The molecular weight excluding hydrogens is 813 g/mol. The number of nitrogens with one attached hydrogen (secondary N) is 2. The molecule has 0 aromatic heterocycles. The lowest BCUT2D eigenvalue weighted by Gasteiger charge is -2.40. The largest absolute Gasteiger partial charge is 0.489 e. The summed E-state index contributed by atoms with van der Waals surface area (Å²) in [6.07, 6.45) is 11.3. The Labute approximate surface area is 392 Å². The number of ether oxygens (including phenoxy) is 1. The second kappa shape index (κ2) is 18.9. The fourth-order valence-electron chi connectivity index (χ4n) is 11.2. The van der Waals surface area contributed by atoms with E-state index in [0.717, 1.165) is 124 Å². The van der Waals surface area contributed by atoms with Crippen LogP contribution in [0.2, 0.25) is 0 Å². The van der Waals surface area contributed by atoms with E-state index in [-0.39, 0.29) is 29.3 Å². The number of aryl methyl sites for hydroxylation is 8. The second-order valence-electron chi connectivity index (χ2n) is 19.7. The summed E-state index contributed by atoms with van der Waals surface area (Å²) in [7, 11) is 0. The van der Waals surface area contributed by atoms with Crippen LogP contribution in [0.4, 0.5) is 22.7 Å². The first-order valence-electron chi connectivity index (χ1n) is 24.0. The molecule has 6 aromatic rings. The van der Waals surface area contributed by atoms with Crippen LogP contribution in [0.15, 0.2) is 97.1 Å². The minimum atomic E-state index is -0.312. The van der Waals surface area contributed by atoms with Gasteiger partial charge in [-0.1, -0.05) is 117 Å². The van der Waals surface area contributed by atoms with Crippen molar-refractivity contribution in [2.45, 2.75) is 137 Å². The van der Waals surface area contributed by atoms with Gasteiger partial charge >= 0.3 is 0 Å². The normalized spacial score (nSPS) is 15.5. The van der Waals surface area contributed by atoms with E-state index in [9.17, 15) is 9.59 Å². The number of nitrogen functional groups attached to an aromatic ring is 2. The third-order valence-corrected chi connectivity index (χ3v) is 15.0. The SMILES string of the molecule is Cc1cc(C2(c3cc(C)c(NC(=O)c4cc(OCc5ccccc5)cc(C(=O)Nc5c(C)cc(C6(c7cc(C)c(N)c(C)c7)CCCCC6)cc5C)c4)c(C)c3)CCCCC2)cc(C)c1N. The molecule has 7 heteroatoms. The van der Waals surface area contributed by atoms with Gasteiger partial charge in [0, 0.05) is 44.7 Å². The number of hydrogen-bond acceptors (Lipinski definition) is 5. The van der Waals surface area contributed by atoms with Gasteiger partial charge in [0.1, 0.15) is 12.4 Å². The van der Waals surface area contributed by atoms with E-state index in [1.165, 1.54) is 35.1 Å². The van der Waals surface area contributed by atoms with Gasteiger partial charge in [-0.15, -0.1) is 0 Å². The van der Waals surface area contributed by atoms with Gasteiger partial charge in [-0.05, 0) is 172 Å². The van der Waals surface area contributed by atoms with Crippen LogP contribution in [0, 0.1) is 55.4 Å². The predicted molar refractivity (Wildman–Crippen MR) is 273 cm³/mol. The fourth-order valence-corrected chi connectivity index (χ4v) is 11.2. The minimum Gasteiger partial charge on any atom is -0.489 e. The van der Waals surface area contributed by atoms with Crippen molar-refractivity contribution in [3.63, 3.8) is 0 Å². The molecule has 2 amide bonds. The van der Waals surface area contributed by atoms with Crippen LogP contribution in [0.1, 0.15) is 157 Å². The summed E-state index contributed by atoms with van der Waals surface area (Å²) in [6.45, 7) is 17.0. The van der Waals surface area contributed by atoms with Gasteiger partial charge in [-0.3, -0.25) is 9.59 Å². The monoisotopic (exact) mass is 881 g/mol. The van der Waals surface area contributed by atoms with Crippen molar-refractivity contribution < 1.29 is 14.3 Å². The van der Waals surface area contributed by atoms with Crippen LogP contribution in [-0.4, -0.2) is 11.8 Å². The predicted octanol–water partition coefficient (Wildman–Crippen LogP) is 13.9. The topological polar surface area (TPSA) is 119 Å². The van der Waals surface area contributed by atoms with E-state index >= 15 is 0 Å². The summed E-state index contributed by atoms with van der Waals surface area (Å²) in [5.74, 6) is -0.188. The molecule has 0 unspecified atom stereocenters. The molecule has 0 aliphatic heterocycles. The Morgan fingerprint density at radius 2 is 0.803 bits per heavy atom. The van der Waals surface area contributed by atoms with Crippen LogP contribution in [0.5, 0.6) is 5.75 Å². The molecule has 6 N–H and O–H groups in total. The summed E-state index contributed by atoms with van der Waals surface area (Å²) in [4.78, 5) is 28.9. The van der Waals surface area contributed by atoms with Crippen molar-refractivity contribution in [2.24, 2.45) is 0 Å². The number of hydrogen-bond donors (Lipinski definition) is 4. The highest BCUT2D eigenvalue weighted by molar-refractivity contribution is 6.10. The van der Waals surface area contributed by atoms with Crippen molar-refractivity contribution in [2.75, 3.05) is 22.1 Å². The summed E-state index contributed by atoms with van der Waals surface area (Å²) in [5.41, 5.74) is 31.1. The molecule has 0 heterocycles. The Morgan fingerprint density at radius 1 is 0.470 bits per heavy atom. The first kappa shape index (κ1) is 46.2. The Morgan fingerprint density at radius 3 is 1.15 bits per heavy atom. The minimum absolute atomic E-state index is 0.129. The molecule has 66 heavy (non-hydrogen) atoms. The lowest BCUT2D eigenvalue weighted by molar-refractivity contribution is 0.102. The van der Waals surface area contributed by atoms with Crippen LogP contribution < -0.4 is 26.8 Å². The Hall–Kier alpha value is -6.34. The van der Waals surface area contributed by atoms with Gasteiger partial charge in [0.2, 0.25) is 0 Å². The zero-order valence-corrected chi connectivity index (χ0v) is 40.4. The number of benzene rings is 6. The van der Waals surface area contributed by atoms with E-state index in [1.54, 1.807) is 18.2 Å². The third-order valence-electron chi connectivity index (χ3n) is 15.0. The first-order chi connectivity index (χ1) is 31.6. The maximum Gasteiger partial charge on any atom is 0.255 e. The standard InChI is InChI=1S/C59H68N4O3/c1-36-24-47(25-37(2)52(36)60)58(20-14-10-15-21-58)49-28-40(5)54(41(6)29-49)62-56(64)45-32-46(34-51(33-45)66-35-44-18-12-9-13-19-44)57(65)63-55-42(7)30-50(31-43(55)8)59(22-16-11-17-23-59)48-26-38(3)53(61)39(4)27-48/h9,12-13,18-19,24-34H,10-11,14-17,20-23,35,60-61H2,1-8H3,(H,62,64)(H,63,65). The molecule has 7 nitrogen and oxygen atoms in total. The van der Waals surface area contributed by atoms with E-state index < -0.39 is 0 Å². The van der Waals surface area contributed by atoms with E-state index in [0.29, 0.717) is 16.9 Å². The lowest BCUT2D eigenvalue weighted by atomic mass is 9.64. The van der Waals surface area contributed by atoms with Crippen molar-refractivity contribution in [1.82, 2.24) is 0 Å². The number of carbonyl (C=O) groups is 2. The third kappa shape index (κ3) is 9.10. The van der Waals surface area contributed by atoms with Crippen molar-refractivity contribution in [1.29, 1.82) is 0 Å². The van der Waals surface area contributed by atoms with Gasteiger partial charge < -0.3 is 26.8 Å². The van der Waals surface area contributed by atoms with Gasteiger partial charge in [-0.25, -0.2) is 0 Å². The van der Waals surface area contributed by atoms with Crippen molar-refractivity contribution in [3.8, 4) is 5.75 Å². The molecule has 0 spiro atoms. The highest BCUT2D eigenvalue weighted by Crippen LogP contribution is 2.49. The smallest absolute Gasteiger partial charge is 0.255 e. The van der Waals surface area contributed by atoms with Crippen molar-refractivity contribution >= 4 is 34.6 Å². The Balaban J connectivity index is 1.10. The van der Waals surface area contributed by atoms with E-state index in [2.05, 4.69) is 115 Å². The molecule has 2 aliphatic rings. The molecule has 0 radical (unpaired) electrons. The van der Waals surface area contributed by atoms with Crippen LogP contribution in [0.3, 0.4) is 0 Å². The molecule has 2 saturated carbocycles. The van der Waals surface area contributed by atoms with Gasteiger partial charge in [-0.2, -0.15) is 0 Å². The van der Waals surface area contributed by atoms with Crippen LogP contribution in [0.25, 0.3) is 0 Å². The summed E-state index contributed by atoms with van der Waals surface area (Å²) < 4.78 is 6.31. The number of amides is 2. The molecule has 0 atom stereocenters. The van der Waals surface area contributed by atoms with E-state index in [4.69, 9.17) is 16.2 Å². The summed E-state index contributed by atoms with van der Waals surface area (Å²) >= 11 is 0. The Kier molecular flexibility index (Phi) is 13.2. The maximum atomic E-state index is 14.4. The average molecular weight is 881 g/mol. The zero-order valence-electron chi connectivity index (χ0n) is 40.4. The zero-order chi connectivity index (χ0) is 46.9. The summed E-state index contributed by atoms with van der Waals surface area (Å²) in [6, 6.07) is 33.2. The summed E-state index contributed by atoms with van der Waals surface area (Å²) in [5, 5.41) is 6.51. The average Bonchev–Trinajstić information content (AvgIpc) is 3.31. The lowest BCUT2D eigenvalue weighted by Crippen LogP contribution is -2.31. The highest BCUT2D eigenvalue weighted by Gasteiger charge is 2.38. The van der Waals surface area contributed by atoms with E-state index in [1.807, 2.05) is 30.3 Å². The molecule has 8 rings (SSSR count). The molecule has 0 saturated heterocycles. The first-order valence-corrected chi connectivity index (χ1v) is 24.0. The molecule has 2 fully saturated rings. The van der Waals surface area contributed by atoms with Gasteiger partial charge in [0.25, 0.3) is 11.8 Å². The van der Waals surface area contributed by atoms with Crippen LogP contribution >= 0.6 is 0 Å². The molecular formula is C59H68N4O3. The fraction of sp³-hybridized carbons (Fsp3) is 0.356. The second-order valence-corrected chi connectivity index (χ2v) is 19.7. The molecule has 6 aromatic carbocycles. The number of anilines is 4. The molecule has 2 aliphatic carbocycles. The molecule has 342 valence electrons. The number of nitrogens with two attached hydrogens (primary N) is 2. The van der Waals surface area contributed by atoms with Gasteiger partial charge in [0.05, 0.1) is 0 Å².